The van der Waals surface area contributed by atoms with Gasteiger partial charge in [0.25, 0.3) is 5.92 Å². The highest BCUT2D eigenvalue weighted by atomic mass is 19.3. The monoisotopic (exact) mass is 266 g/mol. The van der Waals surface area contributed by atoms with Crippen molar-refractivity contribution >= 4 is 10.9 Å². The molecule has 1 aromatic heterocycles. The van der Waals surface area contributed by atoms with Crippen LogP contribution in [-0.2, 0) is 6.42 Å². The van der Waals surface area contributed by atoms with Crippen molar-refractivity contribution < 1.29 is 8.78 Å². The summed E-state index contributed by atoms with van der Waals surface area (Å²) in [6.07, 6.45) is 2.73. The lowest BCUT2D eigenvalue weighted by Crippen LogP contribution is -2.38. The molecule has 1 heterocycles. The van der Waals surface area contributed by atoms with Gasteiger partial charge in [0.05, 0.1) is 6.54 Å². The van der Waals surface area contributed by atoms with Gasteiger partial charge < -0.3 is 4.98 Å². The molecule has 2 aromatic rings. The minimum Gasteiger partial charge on any atom is -0.361 e. The highest BCUT2D eigenvalue weighted by molar-refractivity contribution is 5.83. The molecule has 1 aromatic carbocycles. The van der Waals surface area contributed by atoms with Crippen LogP contribution < -0.4 is 0 Å². The number of aromatic nitrogens is 1. The fraction of sp³-hybridized carbons (Fsp3) is 0.467. The molecule has 0 spiro atoms. The van der Waals surface area contributed by atoms with Gasteiger partial charge in [0.15, 0.2) is 0 Å². The first-order valence-electron chi connectivity index (χ1n) is 6.50. The van der Waals surface area contributed by atoms with Crippen molar-refractivity contribution in [2.75, 3.05) is 13.6 Å². The molecule has 0 saturated heterocycles. The molecule has 0 bridgehead atoms. The van der Waals surface area contributed by atoms with Gasteiger partial charge >= 0.3 is 0 Å². The van der Waals surface area contributed by atoms with Crippen molar-refractivity contribution in [1.29, 1.82) is 0 Å². The average Bonchev–Trinajstić information content (AvgIpc) is 2.70. The quantitative estimate of drug-likeness (QED) is 0.874. The van der Waals surface area contributed by atoms with E-state index < -0.39 is 5.92 Å². The summed E-state index contributed by atoms with van der Waals surface area (Å²) in [5, 5.41) is 1.17. The van der Waals surface area contributed by atoms with Gasteiger partial charge in [-0.15, -0.1) is 0 Å². The Bertz CT molecular complexity index is 542. The number of benzene rings is 1. The van der Waals surface area contributed by atoms with Crippen LogP contribution in [0.1, 0.15) is 19.4 Å². The number of hydrogen-bond donors (Lipinski definition) is 1. The predicted molar refractivity (Wildman–Crippen MR) is 74.7 cm³/mol. The number of nitrogens with zero attached hydrogens (tertiary/aromatic N) is 1. The van der Waals surface area contributed by atoms with E-state index in [9.17, 15) is 8.78 Å². The van der Waals surface area contributed by atoms with Crippen LogP contribution in [-0.4, -0.2) is 35.4 Å². The van der Waals surface area contributed by atoms with Gasteiger partial charge in [-0.25, -0.2) is 8.78 Å². The van der Waals surface area contributed by atoms with Crippen molar-refractivity contribution in [3.63, 3.8) is 0 Å². The number of rotatable bonds is 5. The summed E-state index contributed by atoms with van der Waals surface area (Å²) >= 11 is 0. The third kappa shape index (κ3) is 3.53. The molecule has 0 aliphatic carbocycles. The summed E-state index contributed by atoms with van der Waals surface area (Å²) in [5.74, 6) is -2.65. The van der Waals surface area contributed by atoms with E-state index in [4.69, 9.17) is 0 Å². The smallest absolute Gasteiger partial charge is 0.257 e. The molecular formula is C15H20F2N2. The van der Waals surface area contributed by atoms with Crippen LogP contribution in [0.4, 0.5) is 8.78 Å². The van der Waals surface area contributed by atoms with Crippen molar-refractivity contribution in [3.8, 4) is 0 Å². The van der Waals surface area contributed by atoms with Crippen LogP contribution in [0.5, 0.6) is 0 Å². The zero-order valence-electron chi connectivity index (χ0n) is 11.6. The summed E-state index contributed by atoms with van der Waals surface area (Å²) in [7, 11) is 1.75. The first kappa shape index (κ1) is 14.0. The number of hydrogen-bond acceptors (Lipinski definition) is 1. The second-order valence-electron chi connectivity index (χ2n) is 5.40. The maximum atomic E-state index is 13.0. The fourth-order valence-corrected chi connectivity index (χ4v) is 2.37. The van der Waals surface area contributed by atoms with Gasteiger partial charge in [0.1, 0.15) is 0 Å². The van der Waals surface area contributed by atoms with Gasteiger partial charge in [-0.2, -0.15) is 0 Å². The van der Waals surface area contributed by atoms with Crippen LogP contribution >= 0.6 is 0 Å². The number of aromatic amines is 1. The van der Waals surface area contributed by atoms with E-state index >= 15 is 0 Å². The highest BCUT2D eigenvalue weighted by Gasteiger charge is 2.25. The Morgan fingerprint density at radius 3 is 2.68 bits per heavy atom. The summed E-state index contributed by atoms with van der Waals surface area (Å²) in [5.41, 5.74) is 2.27. The molecule has 1 N–H and O–H groups in total. The van der Waals surface area contributed by atoms with Gasteiger partial charge in [-0.1, -0.05) is 18.2 Å². The molecule has 0 fully saturated rings. The lowest BCUT2D eigenvalue weighted by Gasteiger charge is -2.27. The molecule has 0 amide bonds. The SMILES string of the molecule is CC(Cc1c[nH]c2ccccc12)N(C)CC(C)(F)F. The first-order valence-corrected chi connectivity index (χ1v) is 6.50. The van der Waals surface area contributed by atoms with E-state index in [0.717, 1.165) is 18.9 Å². The van der Waals surface area contributed by atoms with Gasteiger partial charge in [0, 0.05) is 30.1 Å². The summed E-state index contributed by atoms with van der Waals surface area (Å²) in [4.78, 5) is 4.92. The summed E-state index contributed by atoms with van der Waals surface area (Å²) in [6, 6.07) is 8.13. The zero-order valence-corrected chi connectivity index (χ0v) is 11.6. The lowest BCUT2D eigenvalue weighted by molar-refractivity contribution is -0.0162. The topological polar surface area (TPSA) is 19.0 Å². The molecule has 2 nitrogen and oxygen atoms in total. The Hall–Kier alpha value is -1.42. The largest absolute Gasteiger partial charge is 0.361 e. The Labute approximate surface area is 112 Å². The third-order valence-corrected chi connectivity index (χ3v) is 3.47. The van der Waals surface area contributed by atoms with Gasteiger partial charge in [0.2, 0.25) is 0 Å². The van der Waals surface area contributed by atoms with E-state index in [2.05, 4.69) is 11.1 Å². The number of likely N-dealkylation sites (N-methyl/N-ethyl adjacent to an activating group) is 1. The number of alkyl halides is 2. The Morgan fingerprint density at radius 2 is 2.00 bits per heavy atom. The van der Waals surface area contributed by atoms with Crippen molar-refractivity contribution in [3.05, 3.63) is 36.0 Å². The van der Waals surface area contributed by atoms with Crippen LogP contribution in [0.2, 0.25) is 0 Å². The number of nitrogens with one attached hydrogen (secondary N) is 1. The maximum Gasteiger partial charge on any atom is 0.257 e. The number of para-hydroxylation sites is 1. The first-order chi connectivity index (χ1) is 8.87. The molecule has 0 saturated carbocycles. The fourth-order valence-electron chi connectivity index (χ4n) is 2.37. The second-order valence-corrected chi connectivity index (χ2v) is 5.40. The number of halogens is 2. The molecule has 0 radical (unpaired) electrons. The third-order valence-electron chi connectivity index (χ3n) is 3.47. The molecule has 4 heteroatoms. The number of H-pyrrole nitrogens is 1. The van der Waals surface area contributed by atoms with Crippen LogP contribution in [0.15, 0.2) is 30.5 Å². The molecule has 0 aliphatic rings. The van der Waals surface area contributed by atoms with E-state index in [1.54, 1.807) is 11.9 Å². The van der Waals surface area contributed by atoms with Crippen LogP contribution in [0, 0.1) is 0 Å². The molecule has 2 rings (SSSR count). The standard InChI is InChI=1S/C15H20F2N2/c1-11(19(3)10-15(2,16)17)8-12-9-18-14-7-5-4-6-13(12)14/h4-7,9,11,18H,8,10H2,1-3H3. The molecule has 1 atom stereocenters. The molecular weight excluding hydrogens is 246 g/mol. The van der Waals surface area contributed by atoms with Crippen molar-refractivity contribution in [1.82, 2.24) is 9.88 Å². The Morgan fingerprint density at radius 1 is 1.32 bits per heavy atom. The summed E-state index contributed by atoms with van der Waals surface area (Å²) < 4.78 is 26.0. The Balaban J connectivity index is 2.08. The van der Waals surface area contributed by atoms with E-state index in [1.807, 2.05) is 31.3 Å². The van der Waals surface area contributed by atoms with Crippen LogP contribution in [0.25, 0.3) is 10.9 Å². The second kappa shape index (κ2) is 5.29. The minimum atomic E-state index is -2.65. The molecule has 0 aliphatic heterocycles. The van der Waals surface area contributed by atoms with Crippen molar-refractivity contribution in [2.24, 2.45) is 0 Å². The minimum absolute atomic E-state index is 0.0741. The van der Waals surface area contributed by atoms with Crippen molar-refractivity contribution in [2.45, 2.75) is 32.2 Å². The van der Waals surface area contributed by atoms with E-state index in [-0.39, 0.29) is 12.6 Å². The van der Waals surface area contributed by atoms with E-state index in [1.165, 1.54) is 10.9 Å². The van der Waals surface area contributed by atoms with Gasteiger partial charge in [-0.05, 0) is 32.0 Å². The van der Waals surface area contributed by atoms with Gasteiger partial charge in [-0.3, -0.25) is 4.90 Å². The normalized spacial score (nSPS) is 14.2. The van der Waals surface area contributed by atoms with Crippen LogP contribution in [0.3, 0.4) is 0 Å². The molecule has 19 heavy (non-hydrogen) atoms. The predicted octanol–water partition coefficient (Wildman–Crippen LogP) is 3.69. The molecule has 104 valence electrons. The number of fused-ring (bicyclic) bond motifs is 1. The lowest BCUT2D eigenvalue weighted by atomic mass is 10.1. The molecule has 1 unspecified atom stereocenters. The average molecular weight is 266 g/mol. The highest BCUT2D eigenvalue weighted by Crippen LogP contribution is 2.21. The zero-order chi connectivity index (χ0) is 14.0. The summed E-state index contributed by atoms with van der Waals surface area (Å²) in [6.45, 7) is 2.73. The maximum absolute atomic E-state index is 13.0. The van der Waals surface area contributed by atoms with E-state index in [0.29, 0.717) is 0 Å². The Kier molecular flexibility index (Phi) is 3.90.